The van der Waals surface area contributed by atoms with Gasteiger partial charge in [-0.25, -0.2) is 9.78 Å². The van der Waals surface area contributed by atoms with Crippen LogP contribution in [0, 0.1) is 11.3 Å². The molecule has 1 aromatic heterocycles. The minimum atomic E-state index is -1.18. The van der Waals surface area contributed by atoms with Crippen molar-refractivity contribution in [2.45, 2.75) is 0 Å². The molecule has 0 saturated carbocycles. The zero-order chi connectivity index (χ0) is 9.14. The molecule has 0 spiro atoms. The average Bonchev–Trinajstić information content (AvgIpc) is 2.03. The number of carbonyl (C=O) groups is 1. The largest absolute Gasteiger partial charge is 0.478 e. The van der Waals surface area contributed by atoms with E-state index in [0.717, 1.165) is 0 Å². The van der Waals surface area contributed by atoms with E-state index in [0.29, 0.717) is 0 Å². The molecule has 3 N–H and O–H groups in total. The highest BCUT2D eigenvalue weighted by Crippen LogP contribution is 2.12. The van der Waals surface area contributed by atoms with E-state index in [1.54, 1.807) is 6.07 Å². The Morgan fingerprint density at radius 2 is 2.42 bits per heavy atom. The first kappa shape index (κ1) is 8.01. The Bertz CT molecular complexity index is 367. The number of hydrogen-bond donors (Lipinski definition) is 2. The molecule has 1 rings (SSSR count). The number of nitrogens with zero attached hydrogens (tertiary/aromatic N) is 2. The van der Waals surface area contributed by atoms with E-state index in [1.165, 1.54) is 12.3 Å². The molecule has 1 aromatic rings. The van der Waals surface area contributed by atoms with E-state index in [4.69, 9.17) is 16.1 Å². The van der Waals surface area contributed by atoms with Crippen LogP contribution in [0.2, 0.25) is 0 Å². The lowest BCUT2D eigenvalue weighted by molar-refractivity contribution is 0.0696. The van der Waals surface area contributed by atoms with Gasteiger partial charge in [-0.05, 0) is 6.07 Å². The summed E-state index contributed by atoms with van der Waals surface area (Å²) in [5.74, 6) is -1.24. The number of nitrogens with two attached hydrogens (primary N) is 1. The van der Waals surface area contributed by atoms with Gasteiger partial charge in [0.15, 0.2) is 0 Å². The molecule has 0 atom stereocenters. The Morgan fingerprint density at radius 1 is 1.75 bits per heavy atom. The summed E-state index contributed by atoms with van der Waals surface area (Å²) in [4.78, 5) is 14.1. The van der Waals surface area contributed by atoms with Crippen molar-refractivity contribution in [3.8, 4) is 6.07 Å². The summed E-state index contributed by atoms with van der Waals surface area (Å²) in [7, 11) is 0. The van der Waals surface area contributed by atoms with Crippen molar-refractivity contribution in [3.63, 3.8) is 0 Å². The molecule has 60 valence electrons. The zero-order valence-corrected chi connectivity index (χ0v) is 5.98. The van der Waals surface area contributed by atoms with Crippen LogP contribution in [0.15, 0.2) is 12.3 Å². The summed E-state index contributed by atoms with van der Waals surface area (Å²) < 4.78 is 0. The first-order valence-corrected chi connectivity index (χ1v) is 3.04. The number of hydrogen-bond acceptors (Lipinski definition) is 4. The number of carboxylic acids is 1. The Hall–Kier alpha value is -2.09. The summed E-state index contributed by atoms with van der Waals surface area (Å²) >= 11 is 0. The molecule has 0 aliphatic carbocycles. The molecule has 0 bridgehead atoms. The molecule has 0 unspecified atom stereocenters. The van der Waals surface area contributed by atoms with Crippen molar-refractivity contribution >= 4 is 11.8 Å². The molecule has 0 amide bonds. The van der Waals surface area contributed by atoms with Gasteiger partial charge in [0.1, 0.15) is 17.5 Å². The van der Waals surface area contributed by atoms with Crippen molar-refractivity contribution in [3.05, 3.63) is 23.4 Å². The summed E-state index contributed by atoms with van der Waals surface area (Å²) in [6, 6.07) is 2.91. The van der Waals surface area contributed by atoms with E-state index in [9.17, 15) is 4.79 Å². The van der Waals surface area contributed by atoms with Crippen LogP contribution in [-0.4, -0.2) is 16.1 Å². The zero-order valence-electron chi connectivity index (χ0n) is 5.98. The van der Waals surface area contributed by atoms with Crippen LogP contribution in [0.5, 0.6) is 0 Å². The summed E-state index contributed by atoms with van der Waals surface area (Å²) in [5.41, 5.74) is 5.06. The SMILES string of the molecule is N#Cc1c(C(=O)O)ccnc1N. The van der Waals surface area contributed by atoms with Crippen molar-refractivity contribution < 1.29 is 9.90 Å². The first-order valence-electron chi connectivity index (χ1n) is 3.04. The minimum absolute atomic E-state index is 0.0580. The van der Waals surface area contributed by atoms with Gasteiger partial charge in [-0.3, -0.25) is 0 Å². The van der Waals surface area contributed by atoms with Gasteiger partial charge < -0.3 is 10.8 Å². The van der Waals surface area contributed by atoms with E-state index >= 15 is 0 Å². The average molecular weight is 163 g/mol. The standard InChI is InChI=1S/C7H5N3O2/c8-3-5-4(7(11)12)1-2-10-6(5)9/h1-2H,(H2,9,10)(H,11,12). The van der Waals surface area contributed by atoms with Gasteiger partial charge in [0.2, 0.25) is 0 Å². The van der Waals surface area contributed by atoms with Crippen molar-refractivity contribution in [2.75, 3.05) is 5.73 Å². The highest BCUT2D eigenvalue weighted by molar-refractivity contribution is 5.91. The van der Waals surface area contributed by atoms with Gasteiger partial charge in [0.25, 0.3) is 0 Å². The second-order valence-electron chi connectivity index (χ2n) is 2.04. The summed E-state index contributed by atoms with van der Waals surface area (Å²) in [6.45, 7) is 0. The Kier molecular flexibility index (Phi) is 1.92. The van der Waals surface area contributed by atoms with E-state index in [-0.39, 0.29) is 16.9 Å². The molecular weight excluding hydrogens is 158 g/mol. The maximum Gasteiger partial charge on any atom is 0.337 e. The summed E-state index contributed by atoms with van der Waals surface area (Å²) in [5, 5.41) is 17.1. The number of rotatable bonds is 1. The highest BCUT2D eigenvalue weighted by atomic mass is 16.4. The molecule has 0 saturated heterocycles. The van der Waals surface area contributed by atoms with Crippen molar-refractivity contribution in [1.82, 2.24) is 4.98 Å². The van der Waals surface area contributed by atoms with E-state index in [1.807, 2.05) is 0 Å². The molecular formula is C7H5N3O2. The van der Waals surface area contributed by atoms with Crippen LogP contribution in [0.3, 0.4) is 0 Å². The fraction of sp³-hybridized carbons (Fsp3) is 0. The maximum absolute atomic E-state index is 10.5. The third-order valence-electron chi connectivity index (χ3n) is 1.32. The number of aromatic nitrogens is 1. The smallest absolute Gasteiger partial charge is 0.337 e. The first-order chi connectivity index (χ1) is 5.66. The fourth-order valence-corrected chi connectivity index (χ4v) is 0.774. The van der Waals surface area contributed by atoms with E-state index < -0.39 is 5.97 Å². The van der Waals surface area contributed by atoms with Crippen molar-refractivity contribution in [1.29, 1.82) is 5.26 Å². The Balaban J connectivity index is 3.40. The highest BCUT2D eigenvalue weighted by Gasteiger charge is 2.12. The molecule has 0 aliphatic rings. The molecule has 5 nitrogen and oxygen atoms in total. The van der Waals surface area contributed by atoms with Crippen molar-refractivity contribution in [2.24, 2.45) is 0 Å². The number of nitriles is 1. The predicted octanol–water partition coefficient (Wildman–Crippen LogP) is 0.234. The van der Waals surface area contributed by atoms with Crippen LogP contribution < -0.4 is 5.73 Å². The molecule has 0 radical (unpaired) electrons. The number of carboxylic acid groups (broad SMARTS) is 1. The van der Waals surface area contributed by atoms with Crippen LogP contribution >= 0.6 is 0 Å². The number of nitrogen functional groups attached to an aromatic ring is 1. The quantitative estimate of drug-likeness (QED) is 0.617. The second-order valence-corrected chi connectivity index (χ2v) is 2.04. The van der Waals surface area contributed by atoms with Gasteiger partial charge in [-0.2, -0.15) is 5.26 Å². The van der Waals surface area contributed by atoms with Gasteiger partial charge in [-0.15, -0.1) is 0 Å². The number of aromatic carboxylic acids is 1. The normalized spacial score (nSPS) is 8.92. The van der Waals surface area contributed by atoms with Crippen LogP contribution in [-0.2, 0) is 0 Å². The topological polar surface area (TPSA) is 100 Å². The third kappa shape index (κ3) is 1.18. The lowest BCUT2D eigenvalue weighted by atomic mass is 10.1. The second kappa shape index (κ2) is 2.88. The fourth-order valence-electron chi connectivity index (χ4n) is 0.774. The van der Waals surface area contributed by atoms with Gasteiger partial charge in [0.05, 0.1) is 5.56 Å². The van der Waals surface area contributed by atoms with Gasteiger partial charge in [0, 0.05) is 6.20 Å². The minimum Gasteiger partial charge on any atom is -0.478 e. The third-order valence-corrected chi connectivity index (χ3v) is 1.32. The lowest BCUT2D eigenvalue weighted by Crippen LogP contribution is -2.04. The molecule has 1 heterocycles. The molecule has 12 heavy (non-hydrogen) atoms. The van der Waals surface area contributed by atoms with Crippen LogP contribution in [0.25, 0.3) is 0 Å². The molecule has 5 heteroatoms. The molecule has 0 aliphatic heterocycles. The maximum atomic E-state index is 10.5. The summed E-state index contributed by atoms with van der Waals surface area (Å²) in [6.07, 6.45) is 1.25. The van der Waals surface area contributed by atoms with E-state index in [2.05, 4.69) is 4.98 Å². The van der Waals surface area contributed by atoms with Gasteiger partial charge >= 0.3 is 5.97 Å². The van der Waals surface area contributed by atoms with Crippen LogP contribution in [0.1, 0.15) is 15.9 Å². The molecule has 0 fully saturated rings. The monoisotopic (exact) mass is 163 g/mol. The van der Waals surface area contributed by atoms with Gasteiger partial charge in [-0.1, -0.05) is 0 Å². The Labute approximate surface area is 68.1 Å². The predicted molar refractivity (Wildman–Crippen MR) is 40.3 cm³/mol. The number of anilines is 1. The number of pyridine rings is 1. The molecule has 0 aromatic carbocycles. The van der Waals surface area contributed by atoms with Crippen LogP contribution in [0.4, 0.5) is 5.82 Å². The Morgan fingerprint density at radius 3 is 2.83 bits per heavy atom. The lowest BCUT2D eigenvalue weighted by Gasteiger charge is -1.98.